The highest BCUT2D eigenvalue weighted by molar-refractivity contribution is 6.00. The summed E-state index contributed by atoms with van der Waals surface area (Å²) in [6, 6.07) is 5.42. The Morgan fingerprint density at radius 1 is 1.17 bits per heavy atom. The molecule has 2 heterocycles. The fourth-order valence-corrected chi connectivity index (χ4v) is 2.66. The maximum atomic E-state index is 12.2. The number of carboxylic acids is 2. The Morgan fingerprint density at radius 2 is 1.92 bits per heavy atom. The first kappa shape index (κ1) is 15.7. The van der Waals surface area contributed by atoms with Crippen molar-refractivity contribution < 1.29 is 24.2 Å². The molecule has 7 nitrogen and oxygen atoms in total. The summed E-state index contributed by atoms with van der Waals surface area (Å²) in [6.45, 7) is 1.91. The average Bonchev–Trinajstić information content (AvgIpc) is 2.54. The van der Waals surface area contributed by atoms with E-state index in [1.807, 2.05) is 6.92 Å². The van der Waals surface area contributed by atoms with E-state index >= 15 is 0 Å². The van der Waals surface area contributed by atoms with Gasteiger partial charge in [0.05, 0.1) is 10.9 Å². The number of fused-ring (bicyclic) bond motifs is 2. The normalized spacial score (nSPS) is 11.0. The Labute approximate surface area is 135 Å². The first-order chi connectivity index (χ1) is 11.4. The summed E-state index contributed by atoms with van der Waals surface area (Å²) in [7, 11) is 0. The molecule has 122 valence electrons. The number of carbonyl (C=O) groups is 2. The number of pyridine rings is 1. The van der Waals surface area contributed by atoms with Crippen LogP contribution in [-0.4, -0.2) is 27.1 Å². The maximum Gasteiger partial charge on any atom is 0.371 e. The molecule has 1 aromatic carbocycles. The molecule has 3 aromatic rings. The number of aromatic nitrogens is 1. The lowest BCUT2D eigenvalue weighted by molar-refractivity contribution is 0.0660. The van der Waals surface area contributed by atoms with E-state index in [1.165, 1.54) is 6.07 Å². The van der Waals surface area contributed by atoms with Gasteiger partial charge in [-0.05, 0) is 18.6 Å². The van der Waals surface area contributed by atoms with Crippen LogP contribution in [0.2, 0.25) is 0 Å². The van der Waals surface area contributed by atoms with Crippen molar-refractivity contribution in [2.75, 3.05) is 0 Å². The number of carboxylic acid groups (broad SMARTS) is 2. The van der Waals surface area contributed by atoms with Crippen LogP contribution in [0.3, 0.4) is 0 Å². The highest BCUT2D eigenvalue weighted by atomic mass is 16.4. The molecule has 0 aliphatic rings. The van der Waals surface area contributed by atoms with Crippen LogP contribution in [0.1, 0.15) is 40.0 Å². The first-order valence-electron chi connectivity index (χ1n) is 7.29. The number of hydrogen-bond acceptors (Lipinski definition) is 5. The molecule has 24 heavy (non-hydrogen) atoms. The smallest absolute Gasteiger partial charge is 0.371 e. The van der Waals surface area contributed by atoms with E-state index in [1.54, 1.807) is 12.1 Å². The SMILES string of the molecule is CCCc1c2nc(C(=O)O)ccc2cc2c(=O)cc(C(=O)O)oc12. The second-order valence-electron chi connectivity index (χ2n) is 5.34. The molecule has 0 unspecified atom stereocenters. The van der Waals surface area contributed by atoms with Crippen molar-refractivity contribution in [2.24, 2.45) is 0 Å². The van der Waals surface area contributed by atoms with Gasteiger partial charge >= 0.3 is 11.9 Å². The minimum absolute atomic E-state index is 0.129. The van der Waals surface area contributed by atoms with Crippen molar-refractivity contribution in [3.63, 3.8) is 0 Å². The van der Waals surface area contributed by atoms with Crippen molar-refractivity contribution in [3.05, 3.63) is 51.5 Å². The molecule has 0 amide bonds. The van der Waals surface area contributed by atoms with Gasteiger partial charge in [0.25, 0.3) is 0 Å². The second kappa shape index (κ2) is 5.77. The summed E-state index contributed by atoms with van der Waals surface area (Å²) in [6.07, 6.45) is 1.16. The van der Waals surface area contributed by atoms with Gasteiger partial charge in [-0.3, -0.25) is 4.79 Å². The van der Waals surface area contributed by atoms with Crippen molar-refractivity contribution >= 4 is 33.8 Å². The molecular weight excluding hydrogens is 314 g/mol. The highest BCUT2D eigenvalue weighted by Crippen LogP contribution is 2.28. The second-order valence-corrected chi connectivity index (χ2v) is 5.34. The fraction of sp³-hybridized carbons (Fsp3) is 0.176. The van der Waals surface area contributed by atoms with Crippen LogP contribution in [0.25, 0.3) is 21.9 Å². The summed E-state index contributed by atoms with van der Waals surface area (Å²) in [5.74, 6) is -2.97. The molecular formula is C17H13NO6. The van der Waals surface area contributed by atoms with Gasteiger partial charge in [0.2, 0.25) is 5.76 Å². The van der Waals surface area contributed by atoms with Gasteiger partial charge in [0.15, 0.2) is 5.43 Å². The molecule has 0 atom stereocenters. The number of rotatable bonds is 4. The van der Waals surface area contributed by atoms with Crippen molar-refractivity contribution in [2.45, 2.75) is 19.8 Å². The van der Waals surface area contributed by atoms with Crippen LogP contribution in [0.5, 0.6) is 0 Å². The standard InChI is InChI=1S/C17H13NO6/c1-2-3-9-14-8(4-5-11(18-14)16(20)21)6-10-12(19)7-13(17(22)23)24-15(9)10/h4-7H,2-3H2,1H3,(H,20,21)(H,22,23). The van der Waals surface area contributed by atoms with E-state index in [-0.39, 0.29) is 16.7 Å². The van der Waals surface area contributed by atoms with Crippen molar-refractivity contribution in [1.29, 1.82) is 0 Å². The molecule has 0 spiro atoms. The van der Waals surface area contributed by atoms with E-state index in [0.717, 1.165) is 6.07 Å². The van der Waals surface area contributed by atoms with Gasteiger partial charge in [-0.1, -0.05) is 19.4 Å². The summed E-state index contributed by atoms with van der Waals surface area (Å²) < 4.78 is 5.41. The molecule has 0 aliphatic carbocycles. The third kappa shape index (κ3) is 2.50. The van der Waals surface area contributed by atoms with E-state index in [4.69, 9.17) is 14.6 Å². The van der Waals surface area contributed by atoms with Crippen LogP contribution in [0.4, 0.5) is 0 Å². The van der Waals surface area contributed by atoms with Crippen molar-refractivity contribution in [3.8, 4) is 0 Å². The van der Waals surface area contributed by atoms with Gasteiger partial charge in [-0.25, -0.2) is 14.6 Å². The maximum absolute atomic E-state index is 12.2. The Morgan fingerprint density at radius 3 is 2.54 bits per heavy atom. The lowest BCUT2D eigenvalue weighted by atomic mass is 10.0. The van der Waals surface area contributed by atoms with Crippen LogP contribution in [0, 0.1) is 0 Å². The van der Waals surface area contributed by atoms with Crippen molar-refractivity contribution in [1.82, 2.24) is 4.98 Å². The van der Waals surface area contributed by atoms with Crippen LogP contribution < -0.4 is 5.43 Å². The quantitative estimate of drug-likeness (QED) is 0.707. The Balaban J connectivity index is 2.49. The number of aromatic carboxylic acids is 2. The summed E-state index contributed by atoms with van der Waals surface area (Å²) >= 11 is 0. The van der Waals surface area contributed by atoms with Gasteiger partial charge < -0.3 is 14.6 Å². The van der Waals surface area contributed by atoms with Gasteiger partial charge in [-0.15, -0.1) is 0 Å². The zero-order chi connectivity index (χ0) is 17.4. The summed E-state index contributed by atoms with van der Waals surface area (Å²) in [4.78, 5) is 38.7. The first-order valence-corrected chi connectivity index (χ1v) is 7.29. The molecule has 2 N–H and O–H groups in total. The van der Waals surface area contributed by atoms with E-state index in [9.17, 15) is 14.4 Å². The zero-order valence-corrected chi connectivity index (χ0v) is 12.7. The van der Waals surface area contributed by atoms with Gasteiger partial charge in [-0.2, -0.15) is 0 Å². The molecule has 0 saturated carbocycles. The number of hydrogen-bond donors (Lipinski definition) is 2. The topological polar surface area (TPSA) is 118 Å². The van der Waals surface area contributed by atoms with E-state index in [2.05, 4.69) is 4.98 Å². The Bertz CT molecular complexity index is 1050. The predicted molar refractivity (Wildman–Crippen MR) is 85.7 cm³/mol. The third-order valence-electron chi connectivity index (χ3n) is 3.70. The number of aryl methyl sites for hydroxylation is 1. The van der Waals surface area contributed by atoms with Crippen LogP contribution in [-0.2, 0) is 6.42 Å². The molecule has 0 radical (unpaired) electrons. The summed E-state index contributed by atoms with van der Waals surface area (Å²) in [5, 5.41) is 19.1. The molecule has 7 heteroatoms. The summed E-state index contributed by atoms with van der Waals surface area (Å²) in [5.41, 5.74) is 0.485. The monoisotopic (exact) mass is 327 g/mol. The van der Waals surface area contributed by atoms with Crippen LogP contribution >= 0.6 is 0 Å². The Kier molecular flexibility index (Phi) is 3.76. The third-order valence-corrected chi connectivity index (χ3v) is 3.70. The largest absolute Gasteiger partial charge is 0.477 e. The van der Waals surface area contributed by atoms with Gasteiger partial charge in [0, 0.05) is 17.0 Å². The minimum Gasteiger partial charge on any atom is -0.477 e. The highest BCUT2D eigenvalue weighted by Gasteiger charge is 2.18. The van der Waals surface area contributed by atoms with E-state index in [0.29, 0.717) is 29.3 Å². The number of benzene rings is 1. The molecule has 3 rings (SSSR count). The predicted octanol–water partition coefficient (Wildman–Crippen LogP) is 2.69. The molecule has 2 aromatic heterocycles. The molecule has 0 fully saturated rings. The zero-order valence-electron chi connectivity index (χ0n) is 12.7. The minimum atomic E-state index is -1.34. The number of nitrogens with zero attached hydrogens (tertiary/aromatic N) is 1. The molecule has 0 saturated heterocycles. The van der Waals surface area contributed by atoms with Gasteiger partial charge in [0.1, 0.15) is 11.3 Å². The van der Waals surface area contributed by atoms with E-state index < -0.39 is 23.1 Å². The lowest BCUT2D eigenvalue weighted by Gasteiger charge is -2.10. The Hall–Kier alpha value is -3.22. The van der Waals surface area contributed by atoms with Crippen LogP contribution in [0.15, 0.2) is 33.5 Å². The average molecular weight is 327 g/mol. The molecule has 0 bridgehead atoms. The fourth-order valence-electron chi connectivity index (χ4n) is 2.66. The lowest BCUT2D eigenvalue weighted by Crippen LogP contribution is -2.09. The molecule has 0 aliphatic heterocycles.